The topological polar surface area (TPSA) is 80.5 Å². The average molecular weight is 459 g/mol. The highest BCUT2D eigenvalue weighted by atomic mass is 16.6. The average Bonchev–Trinajstić information content (AvgIpc) is 3.65. The van der Waals surface area contributed by atoms with E-state index in [2.05, 4.69) is 21.0 Å². The molecule has 1 atom stereocenters. The highest BCUT2D eigenvalue weighted by Gasteiger charge is 2.27. The summed E-state index contributed by atoms with van der Waals surface area (Å²) in [4.78, 5) is 13.7. The maximum absolute atomic E-state index is 6.29. The van der Waals surface area contributed by atoms with Gasteiger partial charge in [-0.2, -0.15) is 0 Å². The molecule has 4 heterocycles. The number of hydrogen-bond acceptors (Lipinski definition) is 7. The van der Waals surface area contributed by atoms with E-state index in [0.717, 1.165) is 28.0 Å². The second-order valence-corrected chi connectivity index (χ2v) is 8.82. The molecule has 1 fully saturated rings. The van der Waals surface area contributed by atoms with Crippen LogP contribution in [0.15, 0.2) is 49.1 Å². The van der Waals surface area contributed by atoms with E-state index in [9.17, 15) is 0 Å². The molecule has 34 heavy (non-hydrogen) atoms. The van der Waals surface area contributed by atoms with Crippen molar-refractivity contribution in [2.24, 2.45) is 0 Å². The third-order valence-electron chi connectivity index (χ3n) is 6.34. The van der Waals surface area contributed by atoms with Crippen molar-refractivity contribution < 1.29 is 18.9 Å². The van der Waals surface area contributed by atoms with E-state index in [1.54, 1.807) is 20.4 Å². The smallest absolute Gasteiger partial charge is 0.204 e. The number of methoxy groups -OCH3 is 2. The van der Waals surface area contributed by atoms with Crippen molar-refractivity contribution in [2.45, 2.75) is 38.0 Å². The van der Waals surface area contributed by atoms with Crippen LogP contribution in [0.4, 0.5) is 0 Å². The van der Waals surface area contributed by atoms with E-state index in [0.29, 0.717) is 42.9 Å². The summed E-state index contributed by atoms with van der Waals surface area (Å²) in [6, 6.07) is 10.1. The molecule has 1 aromatic carbocycles. The predicted molar refractivity (Wildman–Crippen MR) is 125 cm³/mol. The molecule has 8 nitrogen and oxygen atoms in total. The number of rotatable bonds is 7. The Morgan fingerprint density at radius 2 is 1.91 bits per heavy atom. The number of nitrogens with zero attached hydrogens (tertiary/aromatic N) is 4. The van der Waals surface area contributed by atoms with Crippen LogP contribution in [0.25, 0.3) is 11.2 Å². The van der Waals surface area contributed by atoms with Crippen LogP contribution in [0.5, 0.6) is 17.2 Å². The van der Waals surface area contributed by atoms with Gasteiger partial charge in [0.2, 0.25) is 5.75 Å². The first kappa shape index (κ1) is 20.9. The Labute approximate surface area is 197 Å². The molecule has 0 amide bonds. The summed E-state index contributed by atoms with van der Waals surface area (Å²) in [5, 5.41) is 0. The number of hydrogen-bond donors (Lipinski definition) is 0. The molecule has 0 spiro atoms. The Bertz CT molecular complexity index is 1310. The van der Waals surface area contributed by atoms with E-state index in [1.165, 1.54) is 18.4 Å². The second-order valence-electron chi connectivity index (χ2n) is 8.82. The summed E-state index contributed by atoms with van der Waals surface area (Å²) in [5.41, 5.74) is 5.94. The summed E-state index contributed by atoms with van der Waals surface area (Å²) >= 11 is 0. The third kappa shape index (κ3) is 3.94. The maximum Gasteiger partial charge on any atom is 0.204 e. The van der Waals surface area contributed by atoms with Gasteiger partial charge in [-0.05, 0) is 54.2 Å². The van der Waals surface area contributed by atoms with Gasteiger partial charge in [-0.25, -0.2) is 9.97 Å². The summed E-state index contributed by atoms with van der Waals surface area (Å²) < 4.78 is 25.2. The summed E-state index contributed by atoms with van der Waals surface area (Å²) in [6.45, 7) is 1.48. The highest BCUT2D eigenvalue weighted by molar-refractivity contribution is 5.71. The van der Waals surface area contributed by atoms with Crippen molar-refractivity contribution >= 4 is 11.2 Å². The van der Waals surface area contributed by atoms with E-state index in [-0.39, 0.29) is 6.10 Å². The van der Waals surface area contributed by atoms with E-state index in [4.69, 9.17) is 18.9 Å². The van der Waals surface area contributed by atoms with Crippen LogP contribution < -0.4 is 14.2 Å². The Kier molecular flexibility index (Phi) is 5.30. The van der Waals surface area contributed by atoms with Crippen molar-refractivity contribution in [2.75, 3.05) is 20.8 Å². The lowest BCUT2D eigenvalue weighted by Gasteiger charge is -2.28. The number of ether oxygens (including phenoxy) is 4. The number of aromatic nitrogens is 4. The standard InChI is InChI=1S/C26H26N4O4/c1-31-13-20-6-5-18(10-27-20)24-14-33-23-8-16(7-22(32-2)25(23)34-24)12-30-15-29-21-9-19(17-3-4-17)11-28-26(21)30/h5-11,15,17,24H,3-4,12-14H2,1-2H3. The fourth-order valence-corrected chi connectivity index (χ4v) is 4.38. The van der Waals surface area contributed by atoms with Crippen LogP contribution >= 0.6 is 0 Å². The largest absolute Gasteiger partial charge is 0.493 e. The molecule has 1 unspecified atom stereocenters. The molecule has 4 aromatic rings. The van der Waals surface area contributed by atoms with Gasteiger partial charge in [-0.1, -0.05) is 6.07 Å². The van der Waals surface area contributed by atoms with Gasteiger partial charge in [0.25, 0.3) is 0 Å². The van der Waals surface area contributed by atoms with Gasteiger partial charge in [0.05, 0.1) is 32.3 Å². The normalized spacial score (nSPS) is 17.2. The van der Waals surface area contributed by atoms with Gasteiger partial charge < -0.3 is 23.5 Å². The number of pyridine rings is 2. The van der Waals surface area contributed by atoms with Crippen LogP contribution in [0.1, 0.15) is 47.2 Å². The van der Waals surface area contributed by atoms with Crippen molar-refractivity contribution in [3.63, 3.8) is 0 Å². The van der Waals surface area contributed by atoms with Crippen LogP contribution in [0.3, 0.4) is 0 Å². The Hall–Kier alpha value is -3.65. The number of fused-ring (bicyclic) bond motifs is 2. The minimum atomic E-state index is -0.265. The summed E-state index contributed by atoms with van der Waals surface area (Å²) in [7, 11) is 3.29. The minimum absolute atomic E-state index is 0.265. The maximum atomic E-state index is 6.29. The first-order chi connectivity index (χ1) is 16.7. The van der Waals surface area contributed by atoms with Gasteiger partial charge in [-0.3, -0.25) is 4.98 Å². The molecule has 6 rings (SSSR count). The molecular formula is C26H26N4O4. The number of imidazole rings is 1. The molecule has 0 N–H and O–H groups in total. The van der Waals surface area contributed by atoms with Crippen LogP contribution in [-0.2, 0) is 17.9 Å². The van der Waals surface area contributed by atoms with Gasteiger partial charge >= 0.3 is 0 Å². The molecular weight excluding hydrogens is 432 g/mol. The second kappa shape index (κ2) is 8.61. The van der Waals surface area contributed by atoms with Crippen molar-refractivity contribution in [3.05, 3.63) is 71.4 Å². The monoisotopic (exact) mass is 458 g/mol. The third-order valence-corrected chi connectivity index (χ3v) is 6.34. The fraction of sp³-hybridized carbons (Fsp3) is 0.346. The van der Waals surface area contributed by atoms with E-state index >= 15 is 0 Å². The zero-order valence-corrected chi connectivity index (χ0v) is 19.2. The molecule has 1 aliphatic carbocycles. The first-order valence-electron chi connectivity index (χ1n) is 11.5. The minimum Gasteiger partial charge on any atom is -0.493 e. The van der Waals surface area contributed by atoms with Gasteiger partial charge in [0.15, 0.2) is 23.3 Å². The lowest BCUT2D eigenvalue weighted by Crippen LogP contribution is -2.22. The zero-order chi connectivity index (χ0) is 23.1. The molecule has 174 valence electrons. The van der Waals surface area contributed by atoms with Crippen LogP contribution in [0, 0.1) is 0 Å². The lowest BCUT2D eigenvalue weighted by molar-refractivity contribution is 0.0866. The van der Waals surface area contributed by atoms with Crippen LogP contribution in [-0.4, -0.2) is 40.3 Å². The molecule has 0 radical (unpaired) electrons. The van der Waals surface area contributed by atoms with Gasteiger partial charge in [0.1, 0.15) is 12.1 Å². The van der Waals surface area contributed by atoms with Crippen LogP contribution in [0.2, 0.25) is 0 Å². The molecule has 2 aliphatic rings. The predicted octanol–water partition coefficient (Wildman–Crippen LogP) is 4.42. The van der Waals surface area contributed by atoms with Gasteiger partial charge in [0, 0.05) is 25.1 Å². The van der Waals surface area contributed by atoms with Crippen molar-refractivity contribution in [1.82, 2.24) is 19.5 Å². The first-order valence-corrected chi connectivity index (χ1v) is 11.5. The molecule has 0 saturated heterocycles. The molecule has 1 saturated carbocycles. The molecule has 0 bridgehead atoms. The van der Waals surface area contributed by atoms with Crippen molar-refractivity contribution in [3.8, 4) is 17.2 Å². The van der Waals surface area contributed by atoms with E-state index < -0.39 is 0 Å². The molecule has 3 aromatic heterocycles. The Morgan fingerprint density at radius 1 is 1.03 bits per heavy atom. The van der Waals surface area contributed by atoms with Gasteiger partial charge in [-0.15, -0.1) is 0 Å². The molecule has 8 heteroatoms. The lowest BCUT2D eigenvalue weighted by atomic mass is 10.1. The fourth-order valence-electron chi connectivity index (χ4n) is 4.38. The zero-order valence-electron chi connectivity index (χ0n) is 19.2. The Balaban J connectivity index is 1.24. The quantitative estimate of drug-likeness (QED) is 0.406. The van der Waals surface area contributed by atoms with E-state index in [1.807, 2.05) is 41.4 Å². The SMILES string of the molecule is COCc1ccc(C2COc3cc(Cn4cnc5cc(C6CC6)cnc54)cc(OC)c3O2)cn1. The number of benzene rings is 1. The summed E-state index contributed by atoms with van der Waals surface area (Å²) in [5.74, 6) is 2.57. The molecule has 1 aliphatic heterocycles. The summed E-state index contributed by atoms with van der Waals surface area (Å²) in [6.07, 6.45) is 7.87. The Morgan fingerprint density at radius 3 is 2.68 bits per heavy atom. The highest BCUT2D eigenvalue weighted by Crippen LogP contribution is 2.44. The van der Waals surface area contributed by atoms with Crippen molar-refractivity contribution in [1.29, 1.82) is 0 Å².